The van der Waals surface area contributed by atoms with Gasteiger partial charge in [-0.2, -0.15) is 0 Å². The molecule has 2 aromatic heterocycles. The molecule has 0 bridgehead atoms. The molecule has 19 heavy (non-hydrogen) atoms. The summed E-state index contributed by atoms with van der Waals surface area (Å²) in [5.74, 6) is 0.253. The van der Waals surface area contributed by atoms with Crippen molar-refractivity contribution in [1.82, 2.24) is 15.3 Å². The lowest BCUT2D eigenvalue weighted by molar-refractivity contribution is 0.207. The van der Waals surface area contributed by atoms with E-state index in [2.05, 4.69) is 22.2 Å². The summed E-state index contributed by atoms with van der Waals surface area (Å²) in [4.78, 5) is 9.87. The molecule has 0 aromatic carbocycles. The summed E-state index contributed by atoms with van der Waals surface area (Å²) < 4.78 is 0. The molecule has 0 aliphatic rings. The van der Waals surface area contributed by atoms with Gasteiger partial charge in [0.2, 0.25) is 0 Å². The van der Waals surface area contributed by atoms with Gasteiger partial charge in [0.05, 0.1) is 5.69 Å². The SMILES string of the molecule is CC(CO)C(C)NCc1cnc(-c2ccccn2)s1. The normalized spacial score (nSPS) is 14.3. The van der Waals surface area contributed by atoms with E-state index >= 15 is 0 Å². The van der Waals surface area contributed by atoms with Crippen molar-refractivity contribution in [1.29, 1.82) is 0 Å². The first-order chi connectivity index (χ1) is 9.20. The van der Waals surface area contributed by atoms with Gasteiger partial charge < -0.3 is 10.4 Å². The Labute approximate surface area is 117 Å². The number of aliphatic hydroxyl groups is 1. The molecule has 4 nitrogen and oxygen atoms in total. The minimum Gasteiger partial charge on any atom is -0.396 e. The summed E-state index contributed by atoms with van der Waals surface area (Å²) in [7, 11) is 0. The largest absolute Gasteiger partial charge is 0.396 e. The third-order valence-corrected chi connectivity index (χ3v) is 4.20. The minimum atomic E-state index is 0.204. The molecule has 2 aromatic rings. The highest BCUT2D eigenvalue weighted by molar-refractivity contribution is 7.14. The van der Waals surface area contributed by atoms with E-state index in [0.29, 0.717) is 0 Å². The number of hydrogen-bond acceptors (Lipinski definition) is 5. The average molecular weight is 277 g/mol. The third-order valence-electron chi connectivity index (χ3n) is 3.18. The number of pyridine rings is 1. The molecule has 0 saturated heterocycles. The summed E-state index contributed by atoms with van der Waals surface area (Å²) in [6, 6.07) is 6.11. The van der Waals surface area contributed by atoms with Crippen LogP contribution in [0.1, 0.15) is 18.7 Å². The van der Waals surface area contributed by atoms with Crippen molar-refractivity contribution in [3.63, 3.8) is 0 Å². The second-order valence-electron chi connectivity index (χ2n) is 4.68. The van der Waals surface area contributed by atoms with Gasteiger partial charge in [-0.15, -0.1) is 11.3 Å². The zero-order chi connectivity index (χ0) is 13.7. The Hall–Kier alpha value is -1.30. The van der Waals surface area contributed by atoms with Gasteiger partial charge in [0, 0.05) is 36.5 Å². The Kier molecular flexibility index (Phi) is 5.01. The van der Waals surface area contributed by atoms with Crippen LogP contribution in [0, 0.1) is 5.92 Å². The molecule has 0 aliphatic heterocycles. The van der Waals surface area contributed by atoms with Gasteiger partial charge in [0.25, 0.3) is 0 Å². The van der Waals surface area contributed by atoms with Crippen LogP contribution in [0.5, 0.6) is 0 Å². The number of thiazole rings is 1. The summed E-state index contributed by atoms with van der Waals surface area (Å²) in [6.45, 7) is 5.09. The van der Waals surface area contributed by atoms with Crippen molar-refractivity contribution in [2.75, 3.05) is 6.61 Å². The molecule has 2 atom stereocenters. The molecule has 2 heterocycles. The lowest BCUT2D eigenvalue weighted by Gasteiger charge is -2.18. The Morgan fingerprint density at radius 3 is 2.84 bits per heavy atom. The van der Waals surface area contributed by atoms with Gasteiger partial charge in [0.1, 0.15) is 5.01 Å². The van der Waals surface area contributed by atoms with E-state index < -0.39 is 0 Å². The third kappa shape index (κ3) is 3.83. The molecule has 2 rings (SSSR count). The number of nitrogens with one attached hydrogen (secondary N) is 1. The molecular weight excluding hydrogens is 258 g/mol. The van der Waals surface area contributed by atoms with Crippen molar-refractivity contribution >= 4 is 11.3 Å². The molecule has 2 unspecified atom stereocenters. The van der Waals surface area contributed by atoms with Crippen LogP contribution in [0.15, 0.2) is 30.6 Å². The summed E-state index contributed by atoms with van der Waals surface area (Å²) in [5, 5.41) is 13.4. The average Bonchev–Trinajstić information content (AvgIpc) is 2.93. The summed E-state index contributed by atoms with van der Waals surface area (Å²) in [6.07, 6.45) is 3.66. The van der Waals surface area contributed by atoms with Crippen molar-refractivity contribution in [3.05, 3.63) is 35.5 Å². The van der Waals surface area contributed by atoms with E-state index in [4.69, 9.17) is 5.11 Å². The first-order valence-corrected chi connectivity index (χ1v) is 7.22. The first kappa shape index (κ1) is 14.1. The minimum absolute atomic E-state index is 0.204. The second kappa shape index (κ2) is 6.75. The predicted molar refractivity (Wildman–Crippen MR) is 77.9 cm³/mol. The van der Waals surface area contributed by atoms with Crippen LogP contribution in [0.2, 0.25) is 0 Å². The van der Waals surface area contributed by atoms with Gasteiger partial charge in [-0.25, -0.2) is 4.98 Å². The fourth-order valence-corrected chi connectivity index (χ4v) is 2.46. The lowest BCUT2D eigenvalue weighted by atomic mass is 10.1. The maximum absolute atomic E-state index is 9.10. The molecule has 0 saturated carbocycles. The monoisotopic (exact) mass is 277 g/mol. The quantitative estimate of drug-likeness (QED) is 0.850. The van der Waals surface area contributed by atoms with Gasteiger partial charge in [-0.1, -0.05) is 13.0 Å². The maximum Gasteiger partial charge on any atom is 0.142 e. The van der Waals surface area contributed by atoms with Gasteiger partial charge in [-0.05, 0) is 25.0 Å². The molecule has 102 valence electrons. The fraction of sp³-hybridized carbons (Fsp3) is 0.429. The Balaban J connectivity index is 1.95. The zero-order valence-electron chi connectivity index (χ0n) is 11.2. The van der Waals surface area contributed by atoms with Crippen LogP contribution in [-0.2, 0) is 6.54 Å². The Bertz CT molecular complexity index is 500. The predicted octanol–water partition coefficient (Wildman–Crippen LogP) is 2.31. The fourth-order valence-electron chi connectivity index (χ4n) is 1.62. The van der Waals surface area contributed by atoms with Crippen LogP contribution in [0.25, 0.3) is 10.7 Å². The maximum atomic E-state index is 9.10. The molecule has 5 heteroatoms. The zero-order valence-corrected chi connectivity index (χ0v) is 12.0. The van der Waals surface area contributed by atoms with Crippen LogP contribution in [0.4, 0.5) is 0 Å². The molecule has 2 N–H and O–H groups in total. The van der Waals surface area contributed by atoms with Crippen LogP contribution in [-0.4, -0.2) is 27.7 Å². The molecule has 0 spiro atoms. The van der Waals surface area contributed by atoms with E-state index in [1.807, 2.05) is 31.3 Å². The van der Waals surface area contributed by atoms with E-state index in [-0.39, 0.29) is 18.6 Å². The first-order valence-electron chi connectivity index (χ1n) is 6.41. The van der Waals surface area contributed by atoms with Crippen molar-refractivity contribution in [3.8, 4) is 10.7 Å². The number of aliphatic hydroxyl groups excluding tert-OH is 1. The van der Waals surface area contributed by atoms with Crippen molar-refractivity contribution < 1.29 is 5.11 Å². The molecule has 0 aliphatic carbocycles. The number of hydrogen-bond donors (Lipinski definition) is 2. The highest BCUT2D eigenvalue weighted by Crippen LogP contribution is 2.23. The van der Waals surface area contributed by atoms with E-state index in [1.54, 1.807) is 17.5 Å². The lowest BCUT2D eigenvalue weighted by Crippen LogP contribution is -2.33. The molecule has 0 fully saturated rings. The topological polar surface area (TPSA) is 58.0 Å². The van der Waals surface area contributed by atoms with Crippen LogP contribution >= 0.6 is 11.3 Å². The van der Waals surface area contributed by atoms with Crippen molar-refractivity contribution in [2.45, 2.75) is 26.4 Å². The highest BCUT2D eigenvalue weighted by atomic mass is 32.1. The summed E-state index contributed by atoms with van der Waals surface area (Å²) in [5.41, 5.74) is 0.913. The van der Waals surface area contributed by atoms with Crippen LogP contribution < -0.4 is 5.32 Å². The summed E-state index contributed by atoms with van der Waals surface area (Å²) >= 11 is 1.65. The van der Waals surface area contributed by atoms with E-state index in [0.717, 1.165) is 17.2 Å². The van der Waals surface area contributed by atoms with Gasteiger partial charge in [0.15, 0.2) is 0 Å². The second-order valence-corrected chi connectivity index (χ2v) is 5.79. The smallest absolute Gasteiger partial charge is 0.142 e. The molecule has 0 amide bonds. The Morgan fingerprint density at radius 1 is 1.32 bits per heavy atom. The van der Waals surface area contributed by atoms with Gasteiger partial charge in [-0.3, -0.25) is 4.98 Å². The standard InChI is InChI=1S/C14H19N3OS/c1-10(9-18)11(2)16-7-12-8-17-14(19-12)13-5-3-4-6-15-13/h3-6,8,10-11,16,18H,7,9H2,1-2H3. The van der Waals surface area contributed by atoms with Crippen molar-refractivity contribution in [2.24, 2.45) is 5.92 Å². The molecule has 0 radical (unpaired) electrons. The number of aromatic nitrogens is 2. The molecular formula is C14H19N3OS. The Morgan fingerprint density at radius 2 is 2.16 bits per heavy atom. The number of nitrogens with zero attached hydrogens (tertiary/aromatic N) is 2. The van der Waals surface area contributed by atoms with Crippen LogP contribution in [0.3, 0.4) is 0 Å². The van der Waals surface area contributed by atoms with E-state index in [1.165, 1.54) is 4.88 Å². The van der Waals surface area contributed by atoms with Gasteiger partial charge >= 0.3 is 0 Å². The van der Waals surface area contributed by atoms with E-state index in [9.17, 15) is 0 Å². The highest BCUT2D eigenvalue weighted by Gasteiger charge is 2.11. The number of rotatable bonds is 6.